The lowest BCUT2D eigenvalue weighted by Crippen LogP contribution is -2.46. The normalized spacial score (nSPS) is 18.4. The van der Waals surface area contributed by atoms with E-state index in [1.54, 1.807) is 22.7 Å². The molecule has 2 heterocycles. The fraction of sp³-hybridized carbons (Fsp3) is 0.714. The molecule has 0 saturated carbocycles. The predicted octanol–water partition coefficient (Wildman–Crippen LogP) is 1.75. The molecule has 120 valence electrons. The van der Waals surface area contributed by atoms with Gasteiger partial charge < -0.3 is 5.32 Å². The lowest BCUT2D eigenvalue weighted by Gasteiger charge is -2.33. The Hall–Kier alpha value is -0.470. The van der Waals surface area contributed by atoms with Crippen LogP contribution in [-0.4, -0.2) is 50.3 Å². The van der Waals surface area contributed by atoms with Gasteiger partial charge in [-0.15, -0.1) is 0 Å². The number of hydrogen-bond donors (Lipinski definition) is 1. The lowest BCUT2D eigenvalue weighted by molar-refractivity contribution is 0.254. The van der Waals surface area contributed by atoms with E-state index in [1.165, 1.54) is 4.31 Å². The molecule has 0 spiro atoms. The molecule has 0 atom stereocenters. The van der Waals surface area contributed by atoms with Crippen molar-refractivity contribution in [2.24, 2.45) is 5.92 Å². The summed E-state index contributed by atoms with van der Waals surface area (Å²) < 4.78 is 28.2. The zero-order chi connectivity index (χ0) is 15.3. The van der Waals surface area contributed by atoms with Gasteiger partial charge in [-0.25, -0.2) is 0 Å². The number of rotatable bonds is 7. The first kappa shape index (κ1) is 16.9. The second-order valence-corrected chi connectivity index (χ2v) is 8.36. The average Bonchev–Trinajstić information content (AvgIpc) is 2.98. The van der Waals surface area contributed by atoms with E-state index in [1.807, 2.05) is 16.8 Å². The van der Waals surface area contributed by atoms with Gasteiger partial charge in [0, 0.05) is 26.7 Å². The van der Waals surface area contributed by atoms with Gasteiger partial charge in [0.05, 0.1) is 0 Å². The Balaban J connectivity index is 1.88. The molecule has 1 aliphatic heterocycles. The number of piperidine rings is 1. The Kier molecular flexibility index (Phi) is 6.19. The van der Waals surface area contributed by atoms with Crippen LogP contribution in [0.5, 0.6) is 0 Å². The molecule has 1 fully saturated rings. The van der Waals surface area contributed by atoms with Crippen molar-refractivity contribution in [1.29, 1.82) is 0 Å². The van der Waals surface area contributed by atoms with E-state index < -0.39 is 10.2 Å². The third-order valence-corrected chi connectivity index (χ3v) is 6.63. The highest BCUT2D eigenvalue weighted by Crippen LogP contribution is 2.21. The zero-order valence-electron chi connectivity index (χ0n) is 12.8. The fourth-order valence-corrected chi connectivity index (χ4v) is 4.65. The summed E-state index contributed by atoms with van der Waals surface area (Å²) in [6.45, 7) is 5.78. The smallest absolute Gasteiger partial charge is 0.282 e. The van der Waals surface area contributed by atoms with Crippen LogP contribution >= 0.6 is 11.3 Å². The van der Waals surface area contributed by atoms with Crippen molar-refractivity contribution >= 4 is 21.5 Å². The molecule has 1 aromatic rings. The second-order valence-electron chi connectivity index (χ2n) is 5.55. The van der Waals surface area contributed by atoms with Gasteiger partial charge in [-0.3, -0.25) is 0 Å². The summed E-state index contributed by atoms with van der Waals surface area (Å²) >= 11 is 1.59. The molecular formula is C14H25N3O2S2. The minimum Gasteiger partial charge on any atom is -0.317 e. The van der Waals surface area contributed by atoms with E-state index in [0.717, 1.165) is 31.5 Å². The van der Waals surface area contributed by atoms with Crippen molar-refractivity contribution in [3.05, 3.63) is 22.4 Å². The van der Waals surface area contributed by atoms with E-state index >= 15 is 0 Å². The van der Waals surface area contributed by atoms with Gasteiger partial charge in [0.2, 0.25) is 0 Å². The van der Waals surface area contributed by atoms with Crippen LogP contribution in [0.25, 0.3) is 0 Å². The lowest BCUT2D eigenvalue weighted by atomic mass is 9.98. The fourth-order valence-electron chi connectivity index (χ4n) is 2.61. The highest BCUT2D eigenvalue weighted by atomic mass is 32.2. The molecule has 1 saturated heterocycles. The van der Waals surface area contributed by atoms with Gasteiger partial charge in [-0.1, -0.05) is 6.92 Å². The molecule has 0 bridgehead atoms. The Labute approximate surface area is 132 Å². The summed E-state index contributed by atoms with van der Waals surface area (Å²) in [5.41, 5.74) is 1.05. The molecular weight excluding hydrogens is 306 g/mol. The van der Waals surface area contributed by atoms with Crippen molar-refractivity contribution in [2.75, 3.05) is 33.2 Å². The van der Waals surface area contributed by atoms with Gasteiger partial charge in [0.15, 0.2) is 0 Å². The first-order valence-corrected chi connectivity index (χ1v) is 9.81. The van der Waals surface area contributed by atoms with E-state index in [2.05, 4.69) is 12.2 Å². The number of nitrogens with one attached hydrogen (secondary N) is 1. The molecule has 2 rings (SSSR count). The van der Waals surface area contributed by atoms with Crippen molar-refractivity contribution in [3.63, 3.8) is 0 Å². The third-order valence-electron chi connectivity index (χ3n) is 3.96. The van der Waals surface area contributed by atoms with Crippen LogP contribution in [0.15, 0.2) is 16.8 Å². The van der Waals surface area contributed by atoms with Crippen LogP contribution in [0.1, 0.15) is 25.3 Å². The van der Waals surface area contributed by atoms with Crippen LogP contribution in [-0.2, 0) is 16.8 Å². The molecule has 0 amide bonds. The van der Waals surface area contributed by atoms with E-state index in [0.29, 0.717) is 25.6 Å². The summed E-state index contributed by atoms with van der Waals surface area (Å²) in [5.74, 6) is 0.596. The van der Waals surface area contributed by atoms with Gasteiger partial charge in [-0.2, -0.15) is 28.4 Å². The zero-order valence-corrected chi connectivity index (χ0v) is 14.4. The van der Waals surface area contributed by atoms with Gasteiger partial charge in [0.25, 0.3) is 10.2 Å². The van der Waals surface area contributed by atoms with Crippen molar-refractivity contribution in [1.82, 2.24) is 13.9 Å². The van der Waals surface area contributed by atoms with Gasteiger partial charge in [0.1, 0.15) is 0 Å². The van der Waals surface area contributed by atoms with E-state index in [4.69, 9.17) is 0 Å². The van der Waals surface area contributed by atoms with Crippen molar-refractivity contribution < 1.29 is 8.42 Å². The molecule has 0 aromatic carbocycles. The van der Waals surface area contributed by atoms with Gasteiger partial charge in [-0.05, 0) is 54.2 Å². The Morgan fingerprint density at radius 3 is 2.71 bits per heavy atom. The first-order valence-electron chi connectivity index (χ1n) is 7.47. The predicted molar refractivity (Wildman–Crippen MR) is 87.5 cm³/mol. The molecule has 7 heteroatoms. The maximum absolute atomic E-state index is 12.6. The van der Waals surface area contributed by atoms with Crippen molar-refractivity contribution in [2.45, 2.75) is 26.3 Å². The van der Waals surface area contributed by atoms with E-state index in [-0.39, 0.29) is 0 Å². The summed E-state index contributed by atoms with van der Waals surface area (Å²) in [6, 6.07) is 1.97. The maximum atomic E-state index is 12.6. The summed E-state index contributed by atoms with van der Waals surface area (Å²) in [6.07, 6.45) is 1.89. The van der Waals surface area contributed by atoms with Crippen LogP contribution in [0, 0.1) is 5.92 Å². The molecule has 0 radical (unpaired) electrons. The molecule has 5 nitrogen and oxygen atoms in total. The van der Waals surface area contributed by atoms with Crippen LogP contribution in [0.2, 0.25) is 0 Å². The van der Waals surface area contributed by atoms with Gasteiger partial charge >= 0.3 is 0 Å². The summed E-state index contributed by atoms with van der Waals surface area (Å²) in [4.78, 5) is 0. The van der Waals surface area contributed by atoms with Crippen molar-refractivity contribution in [3.8, 4) is 0 Å². The highest BCUT2D eigenvalue weighted by molar-refractivity contribution is 7.86. The number of nitrogens with zero attached hydrogens (tertiary/aromatic N) is 2. The molecule has 0 unspecified atom stereocenters. The SMILES string of the molecule is CCNCC1CCN(S(=O)(=O)N(C)Cc2ccsc2)CC1. The Morgan fingerprint density at radius 2 is 2.14 bits per heavy atom. The Bertz CT molecular complexity index is 508. The van der Waals surface area contributed by atoms with Crippen LogP contribution in [0.4, 0.5) is 0 Å². The molecule has 1 aromatic heterocycles. The standard InChI is InChI=1S/C14H25N3O2S2/c1-3-15-10-13-4-7-17(8-5-13)21(18,19)16(2)11-14-6-9-20-12-14/h6,9,12-13,15H,3-5,7-8,10-11H2,1-2H3. The molecule has 1 N–H and O–H groups in total. The average molecular weight is 332 g/mol. The minimum absolute atomic E-state index is 0.448. The largest absolute Gasteiger partial charge is 0.317 e. The first-order chi connectivity index (χ1) is 10.0. The minimum atomic E-state index is -3.33. The monoisotopic (exact) mass is 331 g/mol. The maximum Gasteiger partial charge on any atom is 0.282 e. The number of hydrogen-bond acceptors (Lipinski definition) is 4. The highest BCUT2D eigenvalue weighted by Gasteiger charge is 2.30. The number of thiophene rings is 1. The summed E-state index contributed by atoms with van der Waals surface area (Å²) in [7, 11) is -1.67. The molecule has 1 aliphatic rings. The van der Waals surface area contributed by atoms with E-state index in [9.17, 15) is 8.42 Å². The summed E-state index contributed by atoms with van der Waals surface area (Å²) in [5, 5.41) is 7.32. The Morgan fingerprint density at radius 1 is 1.43 bits per heavy atom. The molecule has 21 heavy (non-hydrogen) atoms. The molecule has 0 aliphatic carbocycles. The third kappa shape index (κ3) is 4.50. The second kappa shape index (κ2) is 7.69. The topological polar surface area (TPSA) is 52.7 Å². The quantitative estimate of drug-likeness (QED) is 0.828. The van der Waals surface area contributed by atoms with Crippen LogP contribution < -0.4 is 5.32 Å². The van der Waals surface area contributed by atoms with Crippen LogP contribution in [0.3, 0.4) is 0 Å².